The molecule has 1 aromatic heterocycles. The van der Waals surface area contributed by atoms with E-state index in [1.54, 1.807) is 18.9 Å². The molecule has 8 heteroatoms. The van der Waals surface area contributed by atoms with Crippen molar-refractivity contribution < 1.29 is 18.6 Å². The van der Waals surface area contributed by atoms with Gasteiger partial charge in [0.25, 0.3) is 0 Å². The number of thioether (sulfide) groups is 1. The predicted octanol–water partition coefficient (Wildman–Crippen LogP) is 12.0. The molecular formula is C43H52ClNO4SSi. The summed E-state index contributed by atoms with van der Waals surface area (Å²) in [6, 6.07) is 31.5. The smallest absolute Gasteiger partial charge is 0.216 e. The zero-order valence-electron chi connectivity index (χ0n) is 31.1. The summed E-state index contributed by atoms with van der Waals surface area (Å²) in [7, 11) is -0.0736. The zero-order valence-corrected chi connectivity index (χ0v) is 33.7. The van der Waals surface area contributed by atoms with Gasteiger partial charge in [-0.2, -0.15) is 0 Å². The number of rotatable bonds is 12. The number of aromatic nitrogens is 1. The molecular weight excluding hydrogens is 690 g/mol. The number of benzene rings is 3. The number of hydrogen-bond acceptors (Lipinski definition) is 6. The summed E-state index contributed by atoms with van der Waals surface area (Å²) in [5.41, 5.74) is 6.19. The first-order chi connectivity index (χ1) is 24.4. The molecule has 6 rings (SSSR count). The second-order valence-corrected chi connectivity index (χ2v) is 21.7. The van der Waals surface area contributed by atoms with Crippen LogP contribution >= 0.6 is 23.4 Å². The quantitative estimate of drug-likeness (QED) is 0.0818. The first-order valence-corrected chi connectivity index (χ1v) is 22.4. The second-order valence-electron chi connectivity index (χ2n) is 15.4. The van der Waals surface area contributed by atoms with Gasteiger partial charge in [0.15, 0.2) is 14.1 Å². The minimum atomic E-state index is -1.74. The van der Waals surface area contributed by atoms with E-state index in [-0.39, 0.29) is 23.2 Å². The topological polar surface area (TPSA) is 49.8 Å². The van der Waals surface area contributed by atoms with Gasteiger partial charge in [0.2, 0.25) is 5.88 Å². The van der Waals surface area contributed by atoms with Crippen LogP contribution in [0, 0.1) is 12.8 Å². The molecule has 5 nitrogen and oxygen atoms in total. The maximum absolute atomic E-state index is 7.00. The van der Waals surface area contributed by atoms with Crippen LogP contribution < -0.4 is 4.74 Å². The van der Waals surface area contributed by atoms with Gasteiger partial charge in [0.1, 0.15) is 12.2 Å². The van der Waals surface area contributed by atoms with Crippen LogP contribution in [0.2, 0.25) is 23.2 Å². The molecule has 1 spiro atoms. The summed E-state index contributed by atoms with van der Waals surface area (Å²) in [6.45, 7) is 14.3. The summed E-state index contributed by atoms with van der Waals surface area (Å²) >= 11 is 8.78. The van der Waals surface area contributed by atoms with E-state index < -0.39 is 14.1 Å². The highest BCUT2D eigenvalue weighted by atomic mass is 35.5. The number of nitrogens with zero attached hydrogens (tertiary/aromatic N) is 1. The molecule has 3 atom stereocenters. The van der Waals surface area contributed by atoms with Crippen molar-refractivity contribution in [2.75, 3.05) is 19.5 Å². The molecule has 270 valence electrons. The van der Waals surface area contributed by atoms with E-state index in [1.165, 1.54) is 0 Å². The lowest BCUT2D eigenvalue weighted by molar-refractivity contribution is -0.171. The van der Waals surface area contributed by atoms with E-state index in [2.05, 4.69) is 119 Å². The Hall–Kier alpha value is -2.91. The number of halogens is 1. The van der Waals surface area contributed by atoms with Crippen LogP contribution in [0.1, 0.15) is 86.6 Å². The molecule has 1 saturated heterocycles. The number of allylic oxidation sites excluding steroid dienone is 1. The van der Waals surface area contributed by atoms with Gasteiger partial charge in [-0.15, -0.1) is 11.8 Å². The zero-order chi connectivity index (χ0) is 36.2. The molecule has 1 saturated carbocycles. The molecule has 2 fully saturated rings. The van der Waals surface area contributed by atoms with Crippen molar-refractivity contribution in [1.82, 2.24) is 4.98 Å². The minimum absolute atomic E-state index is 0.179. The largest absolute Gasteiger partial charge is 0.481 e. The van der Waals surface area contributed by atoms with Crippen LogP contribution in [0.3, 0.4) is 0 Å². The van der Waals surface area contributed by atoms with Crippen molar-refractivity contribution in [3.05, 3.63) is 130 Å². The summed E-state index contributed by atoms with van der Waals surface area (Å²) in [6.07, 6.45) is 5.48. The Labute approximate surface area is 315 Å². The maximum Gasteiger partial charge on any atom is 0.216 e. The molecule has 0 N–H and O–H groups in total. The van der Waals surface area contributed by atoms with Crippen LogP contribution in [0.15, 0.2) is 102 Å². The Balaban J connectivity index is 1.23. The average molecular weight is 742 g/mol. The SMILES string of the molecule is COc1nc(/C(=C\[C@H]2CCC3(C2)O[C@H](c2ccccc2)[C@@H](c2ccccc2)O3)c2ccc(SCCCO[Si](C)(C)C(C)(C)C)c(Cl)c2)ccc1C. The summed E-state index contributed by atoms with van der Waals surface area (Å²) < 4.78 is 25.9. The Bertz CT molecular complexity index is 1760. The lowest BCUT2D eigenvalue weighted by Gasteiger charge is -2.36. The van der Waals surface area contributed by atoms with E-state index in [9.17, 15) is 0 Å². The summed E-state index contributed by atoms with van der Waals surface area (Å²) in [4.78, 5) is 6.03. The molecule has 2 aliphatic rings. The molecule has 0 bridgehead atoms. The Morgan fingerprint density at radius 3 is 2.20 bits per heavy atom. The second kappa shape index (κ2) is 16.0. The van der Waals surface area contributed by atoms with Gasteiger partial charge in [-0.1, -0.05) is 111 Å². The molecule has 1 aliphatic heterocycles. The maximum atomic E-state index is 7.00. The first kappa shape index (κ1) is 37.8. The number of hydrogen-bond donors (Lipinski definition) is 0. The third-order valence-electron chi connectivity index (χ3n) is 10.7. The van der Waals surface area contributed by atoms with E-state index in [1.807, 2.05) is 19.1 Å². The van der Waals surface area contributed by atoms with Crippen molar-refractivity contribution in [3.8, 4) is 5.88 Å². The van der Waals surface area contributed by atoms with Crippen molar-refractivity contribution in [1.29, 1.82) is 0 Å². The van der Waals surface area contributed by atoms with Gasteiger partial charge >= 0.3 is 0 Å². The Kier molecular flexibility index (Phi) is 11.9. The van der Waals surface area contributed by atoms with Gasteiger partial charge in [0, 0.05) is 41.2 Å². The lowest BCUT2D eigenvalue weighted by atomic mass is 9.95. The minimum Gasteiger partial charge on any atom is -0.481 e. The van der Waals surface area contributed by atoms with Crippen molar-refractivity contribution >= 4 is 37.3 Å². The number of ether oxygens (including phenoxy) is 3. The molecule has 4 aromatic rings. The fourth-order valence-electron chi connectivity index (χ4n) is 6.75. The highest BCUT2D eigenvalue weighted by Gasteiger charge is 2.52. The Morgan fingerprint density at radius 1 is 0.961 bits per heavy atom. The van der Waals surface area contributed by atoms with Crippen LogP contribution in [-0.4, -0.2) is 38.6 Å². The fraction of sp³-hybridized carbons (Fsp3) is 0.419. The van der Waals surface area contributed by atoms with Gasteiger partial charge in [0.05, 0.1) is 17.8 Å². The van der Waals surface area contributed by atoms with E-state index in [0.29, 0.717) is 5.88 Å². The molecule has 0 unspecified atom stereocenters. The highest BCUT2D eigenvalue weighted by Crippen LogP contribution is 2.55. The number of pyridine rings is 1. The van der Waals surface area contributed by atoms with Crippen molar-refractivity contribution in [3.63, 3.8) is 0 Å². The lowest BCUT2D eigenvalue weighted by Crippen LogP contribution is -2.41. The van der Waals surface area contributed by atoms with Crippen LogP contribution in [0.5, 0.6) is 5.88 Å². The van der Waals surface area contributed by atoms with E-state index in [4.69, 9.17) is 35.2 Å². The van der Waals surface area contributed by atoms with E-state index in [0.717, 1.165) is 81.5 Å². The average Bonchev–Trinajstić information content (AvgIpc) is 3.70. The first-order valence-electron chi connectivity index (χ1n) is 18.1. The number of aryl methyl sites for hydroxylation is 1. The molecule has 51 heavy (non-hydrogen) atoms. The van der Waals surface area contributed by atoms with Crippen molar-refractivity contribution in [2.24, 2.45) is 5.92 Å². The molecule has 1 aliphatic carbocycles. The monoisotopic (exact) mass is 741 g/mol. The third-order valence-corrected chi connectivity index (χ3v) is 16.8. The predicted molar refractivity (Wildman–Crippen MR) is 213 cm³/mol. The normalized spacial score (nSPS) is 20.6. The van der Waals surface area contributed by atoms with Gasteiger partial charge < -0.3 is 18.6 Å². The van der Waals surface area contributed by atoms with Crippen LogP contribution in [-0.2, 0) is 13.9 Å². The fourth-order valence-corrected chi connectivity index (χ4v) is 9.03. The van der Waals surface area contributed by atoms with E-state index >= 15 is 0 Å². The van der Waals surface area contributed by atoms with Gasteiger partial charge in [-0.05, 0) is 78.7 Å². The summed E-state index contributed by atoms with van der Waals surface area (Å²) in [5.74, 6) is 1.12. The van der Waals surface area contributed by atoms with Gasteiger partial charge in [-0.25, -0.2) is 4.98 Å². The molecule has 2 heterocycles. The number of methoxy groups -OCH3 is 1. The van der Waals surface area contributed by atoms with Crippen molar-refractivity contribution in [2.45, 2.75) is 94.4 Å². The Morgan fingerprint density at radius 2 is 1.61 bits per heavy atom. The summed E-state index contributed by atoms with van der Waals surface area (Å²) in [5, 5.41) is 0.959. The highest BCUT2D eigenvalue weighted by molar-refractivity contribution is 7.99. The molecule has 0 radical (unpaired) electrons. The van der Waals surface area contributed by atoms with Crippen LogP contribution in [0.25, 0.3) is 5.57 Å². The molecule has 3 aromatic carbocycles. The van der Waals surface area contributed by atoms with Gasteiger partial charge in [-0.3, -0.25) is 0 Å². The molecule has 0 amide bonds. The third kappa shape index (κ3) is 8.84. The van der Waals surface area contributed by atoms with Crippen LogP contribution in [0.4, 0.5) is 0 Å². The standard InChI is InChI=1S/C43H52ClNO4SSi/c1-30-19-21-37(45-41(30)46-5)35(34-20-22-38(36(44)28-34)50-26-14-25-47-51(6,7)42(2,3)4)27-31-23-24-43(29-31)48-39(32-15-10-8-11-16-32)40(49-43)33-17-12-9-13-18-33/h8-13,15-22,27-28,31,39-40H,14,23-26,29H2,1-7H3/b35-27-/t31-,39-,40-/m1/s1.